The summed E-state index contributed by atoms with van der Waals surface area (Å²) in [5, 5.41) is 11.8. The number of aromatic nitrogens is 2. The number of carboxylic acids is 1. The summed E-state index contributed by atoms with van der Waals surface area (Å²) in [5.74, 6) is -2.41. The van der Waals surface area contributed by atoms with Crippen LogP contribution in [0, 0.1) is 0 Å². The largest absolute Gasteiger partial charge is 0.475 e. The van der Waals surface area contributed by atoms with Crippen LogP contribution in [0.1, 0.15) is 34.9 Å². The number of hydrogen-bond acceptors (Lipinski definition) is 5. The number of nitrogens with one attached hydrogen (secondary N) is 1. The van der Waals surface area contributed by atoms with Gasteiger partial charge in [0, 0.05) is 18.0 Å². The van der Waals surface area contributed by atoms with Crippen LogP contribution in [0.2, 0.25) is 0 Å². The first-order valence-electron chi connectivity index (χ1n) is 6.38. The summed E-state index contributed by atoms with van der Waals surface area (Å²) in [7, 11) is 0. The van der Waals surface area contributed by atoms with E-state index < -0.39 is 5.97 Å². The average molecular weight is 285 g/mol. The molecule has 1 saturated heterocycles. The monoisotopic (exact) mass is 285 g/mol. The number of hydrogen-bond donors (Lipinski definition) is 2. The minimum absolute atomic E-state index is 0.258. The van der Waals surface area contributed by atoms with E-state index in [0.717, 1.165) is 5.56 Å². The van der Waals surface area contributed by atoms with Crippen molar-refractivity contribution in [3.8, 4) is 0 Å². The summed E-state index contributed by atoms with van der Waals surface area (Å²) in [6, 6.07) is 5.13. The Bertz CT molecular complexity index is 772. The smallest absolute Gasteiger partial charge is 0.373 e. The topological polar surface area (TPSA) is 109 Å². The normalized spacial score (nSPS) is 18.6. The van der Waals surface area contributed by atoms with Gasteiger partial charge in [0.1, 0.15) is 0 Å². The Hall–Kier alpha value is -2.83. The third-order valence-corrected chi connectivity index (χ3v) is 3.44. The first-order chi connectivity index (χ1) is 10.0. The Morgan fingerprint density at radius 1 is 1.33 bits per heavy atom. The van der Waals surface area contributed by atoms with E-state index in [4.69, 9.17) is 5.11 Å². The van der Waals surface area contributed by atoms with Crippen molar-refractivity contribution in [3.63, 3.8) is 0 Å². The lowest BCUT2D eigenvalue weighted by molar-refractivity contribution is -0.134. The van der Waals surface area contributed by atoms with Crippen LogP contribution in [0.15, 0.2) is 24.4 Å². The number of amides is 2. The minimum Gasteiger partial charge on any atom is -0.475 e. The van der Waals surface area contributed by atoms with Crippen molar-refractivity contribution >= 4 is 28.7 Å². The molecular formula is C14H11N3O4. The van der Waals surface area contributed by atoms with Crippen LogP contribution in [0.4, 0.5) is 0 Å². The van der Waals surface area contributed by atoms with Gasteiger partial charge in [-0.2, -0.15) is 0 Å². The molecule has 7 nitrogen and oxygen atoms in total. The summed E-state index contributed by atoms with van der Waals surface area (Å²) in [4.78, 5) is 41.5. The highest BCUT2D eigenvalue weighted by Gasteiger charge is 2.28. The van der Waals surface area contributed by atoms with Crippen LogP contribution < -0.4 is 5.32 Å². The lowest BCUT2D eigenvalue weighted by Gasteiger charge is -2.21. The second-order valence-corrected chi connectivity index (χ2v) is 4.82. The van der Waals surface area contributed by atoms with E-state index in [1.807, 2.05) is 0 Å². The molecule has 2 N–H and O–H groups in total. The SMILES string of the molecule is O=C1CCC(c2ccc3nc(C(=O)O)ncc3c2)C(=O)N1. The van der Waals surface area contributed by atoms with Gasteiger partial charge in [-0.15, -0.1) is 0 Å². The van der Waals surface area contributed by atoms with Crippen LogP contribution in [-0.4, -0.2) is 32.9 Å². The van der Waals surface area contributed by atoms with Gasteiger partial charge in [0.15, 0.2) is 0 Å². The van der Waals surface area contributed by atoms with Gasteiger partial charge in [-0.3, -0.25) is 14.9 Å². The number of carbonyl (C=O) groups is 3. The third-order valence-electron chi connectivity index (χ3n) is 3.44. The molecule has 21 heavy (non-hydrogen) atoms. The average Bonchev–Trinajstić information content (AvgIpc) is 2.46. The fourth-order valence-electron chi connectivity index (χ4n) is 2.38. The second kappa shape index (κ2) is 4.93. The highest BCUT2D eigenvalue weighted by atomic mass is 16.4. The third kappa shape index (κ3) is 2.45. The maximum atomic E-state index is 11.8. The van der Waals surface area contributed by atoms with E-state index in [1.54, 1.807) is 18.2 Å². The highest BCUT2D eigenvalue weighted by molar-refractivity contribution is 6.01. The van der Waals surface area contributed by atoms with E-state index in [1.165, 1.54) is 6.20 Å². The van der Waals surface area contributed by atoms with Gasteiger partial charge in [0.2, 0.25) is 17.6 Å². The fourth-order valence-corrected chi connectivity index (χ4v) is 2.38. The van der Waals surface area contributed by atoms with Gasteiger partial charge in [0.25, 0.3) is 0 Å². The molecule has 0 bridgehead atoms. The quantitative estimate of drug-likeness (QED) is 0.792. The number of nitrogens with zero attached hydrogens (tertiary/aromatic N) is 2. The molecule has 0 aliphatic carbocycles. The number of fused-ring (bicyclic) bond motifs is 1. The van der Waals surface area contributed by atoms with E-state index in [-0.39, 0.29) is 23.6 Å². The van der Waals surface area contributed by atoms with Crippen molar-refractivity contribution in [1.82, 2.24) is 15.3 Å². The number of aromatic carboxylic acids is 1. The van der Waals surface area contributed by atoms with E-state index >= 15 is 0 Å². The Balaban J connectivity index is 1.98. The van der Waals surface area contributed by atoms with Gasteiger partial charge in [-0.1, -0.05) is 6.07 Å². The van der Waals surface area contributed by atoms with Crippen LogP contribution in [0.5, 0.6) is 0 Å². The Morgan fingerprint density at radius 2 is 2.14 bits per heavy atom. The molecule has 1 aromatic carbocycles. The molecule has 3 rings (SSSR count). The number of piperidine rings is 1. The summed E-state index contributed by atoms with van der Waals surface area (Å²) in [6.45, 7) is 0. The van der Waals surface area contributed by atoms with Crippen molar-refractivity contribution in [1.29, 1.82) is 0 Å². The Morgan fingerprint density at radius 3 is 2.86 bits per heavy atom. The van der Waals surface area contributed by atoms with Crippen molar-refractivity contribution in [2.45, 2.75) is 18.8 Å². The molecule has 1 aromatic heterocycles. The lowest BCUT2D eigenvalue weighted by atomic mass is 9.90. The molecule has 0 saturated carbocycles. The predicted molar refractivity (Wildman–Crippen MR) is 71.6 cm³/mol. The molecule has 1 atom stereocenters. The molecule has 2 amide bonds. The fraction of sp³-hybridized carbons (Fsp3) is 0.214. The van der Waals surface area contributed by atoms with Crippen LogP contribution in [0.25, 0.3) is 10.9 Å². The van der Waals surface area contributed by atoms with Gasteiger partial charge in [-0.05, 0) is 24.1 Å². The van der Waals surface area contributed by atoms with Gasteiger partial charge < -0.3 is 5.11 Å². The van der Waals surface area contributed by atoms with E-state index in [0.29, 0.717) is 23.7 Å². The van der Waals surface area contributed by atoms with Crippen LogP contribution in [-0.2, 0) is 9.59 Å². The molecule has 2 heterocycles. The number of rotatable bonds is 2. The molecule has 0 radical (unpaired) electrons. The zero-order valence-corrected chi connectivity index (χ0v) is 10.9. The summed E-state index contributed by atoms with van der Waals surface area (Å²) < 4.78 is 0. The number of carboxylic acid groups (broad SMARTS) is 1. The molecule has 1 aliphatic heterocycles. The highest BCUT2D eigenvalue weighted by Crippen LogP contribution is 2.27. The van der Waals surface area contributed by atoms with E-state index in [9.17, 15) is 14.4 Å². The maximum absolute atomic E-state index is 11.8. The van der Waals surface area contributed by atoms with Crippen molar-refractivity contribution < 1.29 is 19.5 Å². The molecule has 2 aromatic rings. The molecule has 1 fully saturated rings. The zero-order valence-electron chi connectivity index (χ0n) is 10.9. The van der Waals surface area contributed by atoms with Crippen molar-refractivity contribution in [2.75, 3.05) is 0 Å². The van der Waals surface area contributed by atoms with Crippen LogP contribution in [0.3, 0.4) is 0 Å². The number of imide groups is 1. The van der Waals surface area contributed by atoms with Gasteiger partial charge in [-0.25, -0.2) is 14.8 Å². The predicted octanol–water partition coefficient (Wildman–Crippen LogP) is 0.848. The first-order valence-corrected chi connectivity index (χ1v) is 6.38. The summed E-state index contributed by atoms with van der Waals surface area (Å²) in [5.41, 5.74) is 1.26. The van der Waals surface area contributed by atoms with Crippen molar-refractivity contribution in [2.24, 2.45) is 0 Å². The lowest BCUT2D eigenvalue weighted by Crippen LogP contribution is -2.39. The Kier molecular flexibility index (Phi) is 3.09. The molecule has 1 aliphatic rings. The zero-order chi connectivity index (χ0) is 15.0. The standard InChI is InChI=1S/C14H11N3O4/c18-11-4-2-9(13(19)17-11)7-1-3-10-8(5-7)6-15-12(16-10)14(20)21/h1,3,5-6,9H,2,4H2,(H,20,21)(H,17,18,19). The van der Waals surface area contributed by atoms with Gasteiger partial charge >= 0.3 is 5.97 Å². The summed E-state index contributed by atoms with van der Waals surface area (Å²) in [6.07, 6.45) is 2.19. The van der Waals surface area contributed by atoms with E-state index in [2.05, 4.69) is 15.3 Å². The molecule has 106 valence electrons. The first kappa shape index (κ1) is 13.2. The number of benzene rings is 1. The summed E-state index contributed by atoms with van der Waals surface area (Å²) >= 11 is 0. The second-order valence-electron chi connectivity index (χ2n) is 4.82. The van der Waals surface area contributed by atoms with Crippen molar-refractivity contribution in [3.05, 3.63) is 35.8 Å². The molecule has 1 unspecified atom stereocenters. The minimum atomic E-state index is -1.19. The maximum Gasteiger partial charge on any atom is 0.373 e. The molecule has 7 heteroatoms. The van der Waals surface area contributed by atoms with Crippen LogP contribution >= 0.6 is 0 Å². The van der Waals surface area contributed by atoms with Gasteiger partial charge in [0.05, 0.1) is 11.4 Å². The molecule has 0 spiro atoms. The number of carbonyl (C=O) groups excluding carboxylic acids is 2. The Labute approximate surface area is 119 Å². The molecular weight excluding hydrogens is 274 g/mol.